The summed E-state index contributed by atoms with van der Waals surface area (Å²) in [4.78, 5) is 42.9. The van der Waals surface area contributed by atoms with Crippen LogP contribution in [0.4, 0.5) is 0 Å². The Morgan fingerprint density at radius 3 is 2.13 bits per heavy atom. The van der Waals surface area contributed by atoms with Crippen molar-refractivity contribution in [2.24, 2.45) is 5.92 Å². The van der Waals surface area contributed by atoms with Crippen LogP contribution in [0, 0.1) is 5.92 Å². The molecule has 9 nitrogen and oxygen atoms in total. The Balaban J connectivity index is 1.36. The fourth-order valence-electron chi connectivity index (χ4n) is 8.84. The van der Waals surface area contributed by atoms with Crippen molar-refractivity contribution in [1.29, 1.82) is 0 Å². The van der Waals surface area contributed by atoms with E-state index >= 15 is 0 Å². The van der Waals surface area contributed by atoms with E-state index in [4.69, 9.17) is 23.4 Å². The van der Waals surface area contributed by atoms with Crippen molar-refractivity contribution in [1.82, 2.24) is 0 Å². The van der Waals surface area contributed by atoms with Gasteiger partial charge < -0.3 is 28.5 Å². The molecule has 4 aromatic carbocycles. The number of hydrogen-bond acceptors (Lipinski definition) is 9. The standard InChI is InChI=1S/C51H56O9/c1-33(2)39-24-23-36-17-20-37(21-18-36)30-38(22-19-35-14-9-6-10-15-35)31-44(53)57-47-45-43(26-25-40-42(32-52)41(27-29-56-4)50(55)58-46(40)45)60-51(3,48(47)59-49(39)54)28-11-16-34-12-7-5-8-13-34/h5-10,12-15,17-18,20-21,25-26,38,47-48,52H,11,16,19,22-24,27-32H2,1-4H3/t38-,47+,48+,51+/m1/s1. The first kappa shape index (κ1) is 42.6. The molecule has 5 aromatic rings. The SMILES string of the molecule is COCCc1c(CO)c2ccc3c(c2oc1=O)[C@@H]1OC(=O)C[C@H](CCc2ccccc2)Cc2ccc(cc2)CCC(=C(C)C)C(=O)O[C@@H]1[C@](C)(CCCc1ccccc1)O3. The second-order valence-electron chi connectivity index (χ2n) is 16.7. The van der Waals surface area contributed by atoms with E-state index in [1.54, 1.807) is 19.2 Å². The number of allylic oxidation sites excluding steroid dienone is 1. The maximum Gasteiger partial charge on any atom is 0.339 e. The maximum absolute atomic E-state index is 14.6. The molecule has 0 aliphatic carbocycles. The molecule has 4 atom stereocenters. The number of esters is 2. The van der Waals surface area contributed by atoms with E-state index < -0.39 is 42.0 Å². The first-order chi connectivity index (χ1) is 29.1. The molecule has 0 radical (unpaired) electrons. The topological polar surface area (TPSA) is 122 Å². The number of aryl methyl sites for hydroxylation is 3. The molecule has 60 heavy (non-hydrogen) atoms. The van der Waals surface area contributed by atoms with E-state index in [1.165, 1.54) is 5.56 Å². The van der Waals surface area contributed by atoms with Gasteiger partial charge in [0.25, 0.3) is 0 Å². The Morgan fingerprint density at radius 1 is 0.783 bits per heavy atom. The highest BCUT2D eigenvalue weighted by molar-refractivity contribution is 5.90. The largest absolute Gasteiger partial charge is 0.483 e. The predicted molar refractivity (Wildman–Crippen MR) is 231 cm³/mol. The third-order valence-corrected chi connectivity index (χ3v) is 12.2. The van der Waals surface area contributed by atoms with E-state index in [1.807, 2.05) is 57.2 Å². The number of rotatable bonds is 11. The molecule has 3 aliphatic heterocycles. The Labute approximate surface area is 352 Å². The molecule has 8 rings (SSSR count). The average Bonchev–Trinajstić information content (AvgIpc) is 3.24. The van der Waals surface area contributed by atoms with E-state index in [-0.39, 0.29) is 30.9 Å². The number of benzene rings is 4. The summed E-state index contributed by atoms with van der Waals surface area (Å²) in [6.45, 7) is 5.51. The van der Waals surface area contributed by atoms with Gasteiger partial charge in [-0.3, -0.25) is 4.79 Å². The van der Waals surface area contributed by atoms with Crippen molar-refractivity contribution in [3.8, 4) is 5.75 Å². The normalized spacial score (nSPS) is 20.8. The summed E-state index contributed by atoms with van der Waals surface area (Å²) >= 11 is 0. The number of ether oxygens (including phenoxy) is 4. The van der Waals surface area contributed by atoms with Crippen LogP contribution in [0.2, 0.25) is 0 Å². The van der Waals surface area contributed by atoms with Gasteiger partial charge >= 0.3 is 17.6 Å². The molecule has 1 N–H and O–H groups in total. The van der Waals surface area contributed by atoms with Gasteiger partial charge in [0.2, 0.25) is 0 Å². The lowest BCUT2D eigenvalue weighted by Gasteiger charge is -2.45. The zero-order valence-corrected chi connectivity index (χ0v) is 35.2. The van der Waals surface area contributed by atoms with Gasteiger partial charge in [0, 0.05) is 36.5 Å². The highest BCUT2D eigenvalue weighted by Crippen LogP contribution is 2.49. The number of carbonyl (C=O) groups is 2. The summed E-state index contributed by atoms with van der Waals surface area (Å²) < 4.78 is 31.6. The predicted octanol–water partition coefficient (Wildman–Crippen LogP) is 9.31. The summed E-state index contributed by atoms with van der Waals surface area (Å²) in [5.41, 5.74) is 5.20. The second-order valence-corrected chi connectivity index (χ2v) is 16.7. The van der Waals surface area contributed by atoms with E-state index in [2.05, 4.69) is 48.5 Å². The fourth-order valence-corrected chi connectivity index (χ4v) is 8.84. The zero-order chi connectivity index (χ0) is 42.2. The molecule has 2 bridgehead atoms. The minimum Gasteiger partial charge on any atom is -0.483 e. The van der Waals surface area contributed by atoms with Crippen molar-refractivity contribution < 1.29 is 38.1 Å². The van der Waals surface area contributed by atoms with Crippen molar-refractivity contribution in [2.45, 2.75) is 109 Å². The van der Waals surface area contributed by atoms with E-state index in [0.29, 0.717) is 65.5 Å². The van der Waals surface area contributed by atoms with E-state index in [9.17, 15) is 19.5 Å². The summed E-state index contributed by atoms with van der Waals surface area (Å²) in [5, 5.41) is 11.2. The van der Waals surface area contributed by atoms with Gasteiger partial charge in [-0.25, -0.2) is 9.59 Å². The van der Waals surface area contributed by atoms with Crippen molar-refractivity contribution in [3.05, 3.63) is 158 Å². The first-order valence-corrected chi connectivity index (χ1v) is 21.2. The minimum atomic E-state index is -1.21. The highest BCUT2D eigenvalue weighted by Gasteiger charge is 2.53. The van der Waals surface area contributed by atoms with Crippen LogP contribution in [0.15, 0.2) is 117 Å². The summed E-state index contributed by atoms with van der Waals surface area (Å²) in [6, 6.07) is 32.3. The lowest BCUT2D eigenvalue weighted by molar-refractivity contribution is -0.192. The summed E-state index contributed by atoms with van der Waals surface area (Å²) in [6.07, 6.45) is 3.13. The van der Waals surface area contributed by atoms with Crippen molar-refractivity contribution in [3.63, 3.8) is 0 Å². The molecule has 314 valence electrons. The molecule has 0 saturated carbocycles. The number of hydrogen-bond donors (Lipinski definition) is 1. The van der Waals surface area contributed by atoms with Gasteiger partial charge in [0.1, 0.15) is 16.9 Å². The molecular formula is C51H56O9. The molecule has 0 saturated heterocycles. The third-order valence-electron chi connectivity index (χ3n) is 12.2. The average molecular weight is 813 g/mol. The quantitative estimate of drug-likeness (QED) is 0.0790. The molecule has 4 heterocycles. The van der Waals surface area contributed by atoms with Crippen molar-refractivity contribution in [2.75, 3.05) is 13.7 Å². The Morgan fingerprint density at radius 2 is 1.47 bits per heavy atom. The smallest absolute Gasteiger partial charge is 0.339 e. The number of fused-ring (bicyclic) bond motifs is 13. The fraction of sp³-hybridized carbons (Fsp3) is 0.392. The van der Waals surface area contributed by atoms with Gasteiger partial charge in [-0.1, -0.05) is 90.5 Å². The lowest BCUT2D eigenvalue weighted by atomic mass is 9.81. The van der Waals surface area contributed by atoms with Gasteiger partial charge in [0.15, 0.2) is 12.2 Å². The molecule has 0 fully saturated rings. The molecule has 1 aromatic heterocycles. The molecular weight excluding hydrogens is 757 g/mol. The Hall–Kier alpha value is -5.51. The van der Waals surface area contributed by atoms with Crippen LogP contribution in [0.5, 0.6) is 5.75 Å². The second kappa shape index (κ2) is 19.3. The molecule has 3 aliphatic rings. The van der Waals surface area contributed by atoms with Gasteiger partial charge in [0.05, 0.1) is 18.8 Å². The first-order valence-electron chi connectivity index (χ1n) is 21.2. The zero-order valence-electron chi connectivity index (χ0n) is 35.2. The molecule has 0 unspecified atom stereocenters. The highest BCUT2D eigenvalue weighted by atomic mass is 16.6. The molecule has 0 spiro atoms. The third kappa shape index (κ3) is 9.75. The number of methoxy groups -OCH3 is 1. The Kier molecular flexibility index (Phi) is 13.7. The van der Waals surface area contributed by atoms with Crippen molar-refractivity contribution >= 4 is 22.9 Å². The minimum absolute atomic E-state index is 0.0684. The van der Waals surface area contributed by atoms with Gasteiger partial charge in [-0.15, -0.1) is 0 Å². The number of aliphatic hydroxyl groups excluding tert-OH is 1. The van der Waals surface area contributed by atoms with Crippen LogP contribution in [-0.4, -0.2) is 42.5 Å². The van der Waals surface area contributed by atoms with Crippen LogP contribution in [0.3, 0.4) is 0 Å². The number of aliphatic hydroxyl groups is 1. The van der Waals surface area contributed by atoms with E-state index in [0.717, 1.165) is 41.5 Å². The van der Waals surface area contributed by atoms with Crippen LogP contribution in [0.1, 0.15) is 97.9 Å². The van der Waals surface area contributed by atoms with Gasteiger partial charge in [-0.2, -0.15) is 0 Å². The van der Waals surface area contributed by atoms with Crippen LogP contribution >= 0.6 is 0 Å². The maximum atomic E-state index is 14.6. The van der Waals surface area contributed by atoms with Gasteiger partial charge in [-0.05, 0) is 118 Å². The number of carbonyl (C=O) groups excluding carboxylic acids is 2. The molecule has 9 heteroatoms. The monoisotopic (exact) mass is 812 g/mol. The summed E-state index contributed by atoms with van der Waals surface area (Å²) in [5.74, 6) is -0.709. The molecule has 0 amide bonds. The van der Waals surface area contributed by atoms with Crippen LogP contribution in [0.25, 0.3) is 11.0 Å². The Bertz CT molecular complexity index is 2360. The lowest BCUT2D eigenvalue weighted by Crippen LogP contribution is -2.54. The van der Waals surface area contributed by atoms with Crippen LogP contribution < -0.4 is 10.4 Å². The summed E-state index contributed by atoms with van der Waals surface area (Å²) in [7, 11) is 1.54. The van der Waals surface area contributed by atoms with Crippen LogP contribution in [-0.2, 0) is 62.5 Å².